The molecule has 5 rings (SSSR count). The van der Waals surface area contributed by atoms with Crippen LogP contribution in [0.15, 0.2) is 65.4 Å². The predicted octanol–water partition coefficient (Wildman–Crippen LogP) is 4.22. The van der Waals surface area contributed by atoms with Crippen LogP contribution >= 0.6 is 15.9 Å². The lowest BCUT2D eigenvalue weighted by atomic mass is 9.97. The molecule has 3 aromatic heterocycles. The normalized spacial score (nSPS) is 16.2. The standard InChI is InChI=1S/C24H23BrN6O2/c25-18-14-28-31-22(12-20(29-23(18)31)17-7-1-2-9-21(17)32)27-13-16-6-5-11-30(15-16)24(33)19-8-3-4-10-26-19/h1-4,7-10,12,14,16,27,32H,5-6,11,13,15H2. The number of carbonyl (C=O) groups excluding carboxylic acids is 1. The number of hydrogen-bond donors (Lipinski definition) is 2. The highest BCUT2D eigenvalue weighted by Crippen LogP contribution is 2.31. The molecule has 4 heterocycles. The number of fused-ring (bicyclic) bond motifs is 1. The summed E-state index contributed by atoms with van der Waals surface area (Å²) in [5.74, 6) is 1.22. The van der Waals surface area contributed by atoms with E-state index in [4.69, 9.17) is 0 Å². The van der Waals surface area contributed by atoms with Gasteiger partial charge in [0.15, 0.2) is 5.65 Å². The first-order valence-corrected chi connectivity index (χ1v) is 11.7. The van der Waals surface area contributed by atoms with Crippen molar-refractivity contribution in [3.05, 3.63) is 71.1 Å². The molecule has 1 aromatic carbocycles. The Morgan fingerprint density at radius 2 is 2.06 bits per heavy atom. The van der Waals surface area contributed by atoms with Gasteiger partial charge in [0.05, 0.1) is 16.4 Å². The van der Waals surface area contributed by atoms with E-state index >= 15 is 0 Å². The third-order valence-corrected chi connectivity index (χ3v) is 6.43. The van der Waals surface area contributed by atoms with E-state index in [-0.39, 0.29) is 11.7 Å². The Kier molecular flexibility index (Phi) is 5.95. The van der Waals surface area contributed by atoms with Gasteiger partial charge in [0.25, 0.3) is 5.91 Å². The van der Waals surface area contributed by atoms with Crippen LogP contribution in [0.2, 0.25) is 0 Å². The summed E-state index contributed by atoms with van der Waals surface area (Å²) in [6.07, 6.45) is 5.33. The fourth-order valence-electron chi connectivity index (χ4n) is 4.21. The van der Waals surface area contributed by atoms with Gasteiger partial charge in [0.1, 0.15) is 17.3 Å². The van der Waals surface area contributed by atoms with Crippen LogP contribution in [0.5, 0.6) is 5.75 Å². The zero-order chi connectivity index (χ0) is 22.8. The van der Waals surface area contributed by atoms with Gasteiger partial charge in [-0.3, -0.25) is 9.78 Å². The largest absolute Gasteiger partial charge is 0.507 e. The molecule has 1 atom stereocenters. The molecule has 1 aliphatic rings. The summed E-state index contributed by atoms with van der Waals surface area (Å²) in [4.78, 5) is 23.6. The number of piperidine rings is 1. The number of hydrogen-bond acceptors (Lipinski definition) is 6. The number of halogens is 1. The van der Waals surface area contributed by atoms with Crippen molar-refractivity contribution >= 4 is 33.3 Å². The van der Waals surface area contributed by atoms with Crippen molar-refractivity contribution in [3.63, 3.8) is 0 Å². The quantitative estimate of drug-likeness (QED) is 0.420. The number of aromatic nitrogens is 4. The SMILES string of the molecule is O=C(c1ccccn1)N1CCCC(CNc2cc(-c3ccccc3O)nc3c(Br)cnn23)C1. The van der Waals surface area contributed by atoms with E-state index in [0.29, 0.717) is 41.6 Å². The zero-order valence-corrected chi connectivity index (χ0v) is 19.4. The molecule has 0 aliphatic carbocycles. The fourth-order valence-corrected chi connectivity index (χ4v) is 4.55. The van der Waals surface area contributed by atoms with Gasteiger partial charge in [-0.25, -0.2) is 4.98 Å². The molecule has 33 heavy (non-hydrogen) atoms. The van der Waals surface area contributed by atoms with Crippen molar-refractivity contribution in [2.24, 2.45) is 5.92 Å². The maximum absolute atomic E-state index is 12.8. The number of carbonyl (C=O) groups is 1. The van der Waals surface area contributed by atoms with Crippen molar-refractivity contribution in [2.45, 2.75) is 12.8 Å². The summed E-state index contributed by atoms with van der Waals surface area (Å²) in [6.45, 7) is 2.10. The van der Waals surface area contributed by atoms with Gasteiger partial charge < -0.3 is 15.3 Å². The summed E-state index contributed by atoms with van der Waals surface area (Å²) in [5.41, 5.74) is 2.45. The van der Waals surface area contributed by atoms with Gasteiger partial charge in [-0.15, -0.1) is 0 Å². The molecular weight excluding hydrogens is 484 g/mol. The summed E-state index contributed by atoms with van der Waals surface area (Å²) in [5, 5.41) is 18.3. The van der Waals surface area contributed by atoms with Crippen molar-refractivity contribution in [1.29, 1.82) is 0 Å². The molecule has 2 N–H and O–H groups in total. The van der Waals surface area contributed by atoms with Crippen LogP contribution in [0.4, 0.5) is 5.82 Å². The van der Waals surface area contributed by atoms with E-state index in [9.17, 15) is 9.90 Å². The molecule has 168 valence electrons. The minimum absolute atomic E-state index is 0.0237. The average Bonchev–Trinajstić information content (AvgIpc) is 3.24. The topological polar surface area (TPSA) is 95.7 Å². The molecule has 0 radical (unpaired) electrons. The Labute approximate surface area is 199 Å². The van der Waals surface area contributed by atoms with Crippen molar-refractivity contribution in [1.82, 2.24) is 24.5 Å². The highest BCUT2D eigenvalue weighted by Gasteiger charge is 2.25. The number of phenolic OH excluding ortho intramolecular Hbond substituents is 1. The summed E-state index contributed by atoms with van der Waals surface area (Å²) < 4.78 is 2.51. The lowest BCUT2D eigenvalue weighted by Crippen LogP contribution is -2.42. The second-order valence-corrected chi connectivity index (χ2v) is 8.98. The highest BCUT2D eigenvalue weighted by atomic mass is 79.9. The average molecular weight is 507 g/mol. The minimum Gasteiger partial charge on any atom is -0.507 e. The van der Waals surface area contributed by atoms with Crippen LogP contribution in [-0.2, 0) is 0 Å². The Morgan fingerprint density at radius 3 is 2.88 bits per heavy atom. The summed E-state index contributed by atoms with van der Waals surface area (Å²) >= 11 is 3.51. The van der Waals surface area contributed by atoms with E-state index in [0.717, 1.165) is 29.7 Å². The second-order valence-electron chi connectivity index (χ2n) is 8.13. The van der Waals surface area contributed by atoms with Gasteiger partial charge in [-0.2, -0.15) is 9.61 Å². The molecule has 1 aliphatic heterocycles. The van der Waals surface area contributed by atoms with Crippen molar-refractivity contribution in [3.8, 4) is 17.0 Å². The van der Waals surface area contributed by atoms with Crippen molar-refractivity contribution in [2.75, 3.05) is 25.0 Å². The zero-order valence-electron chi connectivity index (χ0n) is 17.9. The summed E-state index contributed by atoms with van der Waals surface area (Å²) in [6, 6.07) is 14.4. The van der Waals surface area contributed by atoms with Gasteiger partial charge in [0, 0.05) is 37.5 Å². The number of rotatable bonds is 5. The minimum atomic E-state index is -0.0237. The molecule has 1 amide bonds. The number of phenols is 1. The molecule has 1 saturated heterocycles. The maximum Gasteiger partial charge on any atom is 0.272 e. The number of aromatic hydroxyl groups is 1. The number of pyridine rings is 1. The number of anilines is 1. The van der Waals surface area contributed by atoms with Crippen LogP contribution in [-0.4, -0.2) is 55.1 Å². The Morgan fingerprint density at radius 1 is 1.21 bits per heavy atom. The molecular formula is C24H23BrN6O2. The Balaban J connectivity index is 1.36. The van der Waals surface area contributed by atoms with Crippen LogP contribution < -0.4 is 5.32 Å². The van der Waals surface area contributed by atoms with Crippen LogP contribution in [0.25, 0.3) is 16.9 Å². The number of para-hydroxylation sites is 1. The van der Waals surface area contributed by atoms with Gasteiger partial charge in [-0.1, -0.05) is 18.2 Å². The van der Waals surface area contributed by atoms with Crippen LogP contribution in [0.3, 0.4) is 0 Å². The van der Waals surface area contributed by atoms with E-state index in [1.54, 1.807) is 35.1 Å². The fraction of sp³-hybridized carbons (Fsp3) is 0.250. The number of likely N-dealkylation sites (tertiary alicyclic amines) is 1. The van der Waals surface area contributed by atoms with E-state index in [1.165, 1.54) is 0 Å². The maximum atomic E-state index is 12.8. The van der Waals surface area contributed by atoms with Gasteiger partial charge >= 0.3 is 0 Å². The molecule has 0 saturated carbocycles. The number of nitrogens with zero attached hydrogens (tertiary/aromatic N) is 5. The van der Waals surface area contributed by atoms with Crippen LogP contribution in [0, 0.1) is 5.92 Å². The number of amides is 1. The predicted molar refractivity (Wildman–Crippen MR) is 129 cm³/mol. The molecule has 1 unspecified atom stereocenters. The first-order chi connectivity index (χ1) is 16.1. The number of nitrogens with one attached hydrogen (secondary N) is 1. The smallest absolute Gasteiger partial charge is 0.272 e. The van der Waals surface area contributed by atoms with Crippen LogP contribution in [0.1, 0.15) is 23.3 Å². The first kappa shape index (κ1) is 21.4. The Bertz CT molecular complexity index is 1290. The lowest BCUT2D eigenvalue weighted by Gasteiger charge is -2.32. The van der Waals surface area contributed by atoms with Gasteiger partial charge in [0.2, 0.25) is 0 Å². The molecule has 1 fully saturated rings. The molecule has 4 aromatic rings. The van der Waals surface area contributed by atoms with E-state index < -0.39 is 0 Å². The van der Waals surface area contributed by atoms with Crippen molar-refractivity contribution < 1.29 is 9.90 Å². The molecule has 9 heteroatoms. The van der Waals surface area contributed by atoms with E-state index in [1.807, 2.05) is 35.2 Å². The summed E-state index contributed by atoms with van der Waals surface area (Å²) in [7, 11) is 0. The highest BCUT2D eigenvalue weighted by molar-refractivity contribution is 9.10. The Hall–Kier alpha value is -3.46. The molecule has 0 spiro atoms. The molecule has 8 nitrogen and oxygen atoms in total. The monoisotopic (exact) mass is 506 g/mol. The third kappa shape index (κ3) is 4.41. The third-order valence-electron chi connectivity index (χ3n) is 5.87. The van der Waals surface area contributed by atoms with Gasteiger partial charge in [-0.05, 0) is 59.0 Å². The second kappa shape index (κ2) is 9.19. The first-order valence-electron chi connectivity index (χ1n) is 10.9. The molecule has 0 bridgehead atoms. The number of benzene rings is 1. The van der Waals surface area contributed by atoms with E-state index in [2.05, 4.69) is 36.3 Å². The lowest BCUT2D eigenvalue weighted by molar-refractivity contribution is 0.0674.